The van der Waals surface area contributed by atoms with Gasteiger partial charge in [-0.15, -0.1) is 0 Å². The van der Waals surface area contributed by atoms with Crippen LogP contribution in [0, 0.1) is 0 Å². The van der Waals surface area contributed by atoms with Crippen LogP contribution in [0.15, 0.2) is 18.7 Å². The lowest BCUT2D eigenvalue weighted by molar-refractivity contribution is 0.193. The molecule has 0 saturated carbocycles. The number of aryl methyl sites for hydroxylation is 3. The van der Waals surface area contributed by atoms with Crippen molar-refractivity contribution in [1.82, 2.24) is 24.3 Å². The summed E-state index contributed by atoms with van der Waals surface area (Å²) < 4.78 is 9.64. The Labute approximate surface area is 125 Å². The first kappa shape index (κ1) is 14.3. The van der Waals surface area contributed by atoms with Gasteiger partial charge in [-0.05, 0) is 19.3 Å². The van der Waals surface area contributed by atoms with Gasteiger partial charge in [0.15, 0.2) is 5.82 Å². The van der Waals surface area contributed by atoms with Crippen LogP contribution in [0.1, 0.15) is 43.8 Å². The van der Waals surface area contributed by atoms with Crippen molar-refractivity contribution in [2.75, 3.05) is 13.2 Å². The molecule has 6 nitrogen and oxygen atoms in total. The monoisotopic (exact) mass is 289 g/mol. The van der Waals surface area contributed by atoms with Crippen molar-refractivity contribution in [2.24, 2.45) is 0 Å². The van der Waals surface area contributed by atoms with Gasteiger partial charge in [0.05, 0.1) is 12.9 Å². The number of rotatable bonds is 7. The molecule has 1 fully saturated rings. The molecule has 1 atom stereocenters. The maximum absolute atomic E-state index is 5.45. The van der Waals surface area contributed by atoms with E-state index in [2.05, 4.69) is 21.2 Å². The molecule has 0 amide bonds. The second kappa shape index (κ2) is 6.85. The molecule has 0 aromatic carbocycles. The summed E-state index contributed by atoms with van der Waals surface area (Å²) in [4.78, 5) is 8.84. The van der Waals surface area contributed by atoms with Crippen LogP contribution in [0.3, 0.4) is 0 Å². The Balaban J connectivity index is 1.64. The van der Waals surface area contributed by atoms with Crippen molar-refractivity contribution in [2.45, 2.75) is 51.6 Å². The summed E-state index contributed by atoms with van der Waals surface area (Å²) >= 11 is 0. The molecule has 2 aromatic rings. The van der Waals surface area contributed by atoms with Crippen molar-refractivity contribution < 1.29 is 4.74 Å². The Morgan fingerprint density at radius 2 is 2.33 bits per heavy atom. The Kier molecular flexibility index (Phi) is 4.65. The molecule has 1 saturated heterocycles. The third-order valence-corrected chi connectivity index (χ3v) is 3.87. The first-order chi connectivity index (χ1) is 10.4. The van der Waals surface area contributed by atoms with E-state index in [0.29, 0.717) is 5.92 Å². The molecule has 1 aliphatic heterocycles. The molecule has 1 aliphatic rings. The normalized spacial score (nSPS) is 18.4. The van der Waals surface area contributed by atoms with E-state index in [4.69, 9.17) is 14.8 Å². The number of hydrogen-bond acceptors (Lipinski definition) is 4. The maximum Gasteiger partial charge on any atom is 0.156 e. The van der Waals surface area contributed by atoms with Gasteiger partial charge in [-0.3, -0.25) is 0 Å². The van der Waals surface area contributed by atoms with Gasteiger partial charge in [0, 0.05) is 44.4 Å². The highest BCUT2D eigenvalue weighted by atomic mass is 16.5. The van der Waals surface area contributed by atoms with Gasteiger partial charge in [-0.25, -0.2) is 14.6 Å². The SMILES string of the molecule is CCCn1nc([C@@H]2CCOC2)nc1CCCn1ccnc1. The summed E-state index contributed by atoms with van der Waals surface area (Å²) in [7, 11) is 0. The van der Waals surface area contributed by atoms with Crippen LogP contribution in [0.4, 0.5) is 0 Å². The highest BCUT2D eigenvalue weighted by molar-refractivity contribution is 5.01. The van der Waals surface area contributed by atoms with Gasteiger partial charge in [-0.1, -0.05) is 6.92 Å². The van der Waals surface area contributed by atoms with Crippen molar-refractivity contribution in [3.63, 3.8) is 0 Å². The van der Waals surface area contributed by atoms with Gasteiger partial charge < -0.3 is 9.30 Å². The van der Waals surface area contributed by atoms with E-state index in [0.717, 1.165) is 63.6 Å². The summed E-state index contributed by atoms with van der Waals surface area (Å²) in [6.45, 7) is 5.70. The zero-order valence-electron chi connectivity index (χ0n) is 12.6. The van der Waals surface area contributed by atoms with Crippen molar-refractivity contribution in [3.8, 4) is 0 Å². The first-order valence-electron chi connectivity index (χ1n) is 7.84. The molecule has 0 radical (unpaired) electrons. The van der Waals surface area contributed by atoms with E-state index in [1.165, 1.54) is 0 Å². The van der Waals surface area contributed by atoms with Gasteiger partial charge in [0.1, 0.15) is 5.82 Å². The standard InChI is InChI=1S/C15H23N5O/c1-2-7-20-14(4-3-8-19-9-6-16-12-19)17-15(18-20)13-5-10-21-11-13/h6,9,12-13H,2-5,7-8,10-11H2,1H3/t13-/m1/s1. The molecule has 0 bridgehead atoms. The minimum Gasteiger partial charge on any atom is -0.381 e. The highest BCUT2D eigenvalue weighted by Crippen LogP contribution is 2.22. The summed E-state index contributed by atoms with van der Waals surface area (Å²) in [6, 6.07) is 0. The van der Waals surface area contributed by atoms with E-state index in [1.807, 2.05) is 18.7 Å². The summed E-state index contributed by atoms with van der Waals surface area (Å²) in [5, 5.41) is 4.70. The lowest BCUT2D eigenvalue weighted by Crippen LogP contribution is -2.07. The average Bonchev–Trinajstić information content (AvgIpc) is 3.20. The molecule has 0 spiro atoms. The fourth-order valence-electron chi connectivity index (χ4n) is 2.72. The van der Waals surface area contributed by atoms with E-state index in [9.17, 15) is 0 Å². The quantitative estimate of drug-likeness (QED) is 0.782. The molecule has 2 aromatic heterocycles. The number of aromatic nitrogens is 5. The molecule has 114 valence electrons. The van der Waals surface area contributed by atoms with E-state index in [-0.39, 0.29) is 0 Å². The average molecular weight is 289 g/mol. The predicted molar refractivity (Wildman–Crippen MR) is 79.0 cm³/mol. The zero-order valence-corrected chi connectivity index (χ0v) is 12.6. The first-order valence-corrected chi connectivity index (χ1v) is 7.84. The van der Waals surface area contributed by atoms with Crippen LogP contribution in [-0.2, 0) is 24.2 Å². The lowest BCUT2D eigenvalue weighted by atomic mass is 10.1. The molecule has 0 N–H and O–H groups in total. The van der Waals surface area contributed by atoms with Crippen LogP contribution in [0.2, 0.25) is 0 Å². The maximum atomic E-state index is 5.45. The minimum atomic E-state index is 0.385. The molecule has 6 heteroatoms. The van der Waals surface area contributed by atoms with E-state index < -0.39 is 0 Å². The molecular weight excluding hydrogens is 266 g/mol. The predicted octanol–water partition coefficient (Wildman–Crippen LogP) is 2.02. The second-order valence-corrected chi connectivity index (χ2v) is 5.57. The van der Waals surface area contributed by atoms with Crippen LogP contribution < -0.4 is 0 Å². The van der Waals surface area contributed by atoms with E-state index in [1.54, 1.807) is 0 Å². The molecule has 21 heavy (non-hydrogen) atoms. The zero-order chi connectivity index (χ0) is 14.5. The largest absolute Gasteiger partial charge is 0.381 e. The molecule has 3 rings (SSSR count). The van der Waals surface area contributed by atoms with E-state index >= 15 is 0 Å². The molecule has 0 unspecified atom stereocenters. The number of ether oxygens (including phenoxy) is 1. The van der Waals surface area contributed by atoms with Crippen LogP contribution in [0.5, 0.6) is 0 Å². The summed E-state index contributed by atoms with van der Waals surface area (Å²) in [5.74, 6) is 2.47. The third kappa shape index (κ3) is 3.50. The smallest absolute Gasteiger partial charge is 0.156 e. The lowest BCUT2D eigenvalue weighted by Gasteiger charge is -2.04. The minimum absolute atomic E-state index is 0.385. The van der Waals surface area contributed by atoms with Gasteiger partial charge in [0.2, 0.25) is 0 Å². The van der Waals surface area contributed by atoms with Crippen LogP contribution in [0.25, 0.3) is 0 Å². The highest BCUT2D eigenvalue weighted by Gasteiger charge is 2.23. The molecular formula is C15H23N5O. The number of imidazole rings is 1. The van der Waals surface area contributed by atoms with Crippen molar-refractivity contribution in [3.05, 3.63) is 30.4 Å². The topological polar surface area (TPSA) is 57.8 Å². The van der Waals surface area contributed by atoms with Crippen LogP contribution >= 0.6 is 0 Å². The summed E-state index contributed by atoms with van der Waals surface area (Å²) in [6.07, 6.45) is 9.81. The Bertz CT molecular complexity index is 542. The van der Waals surface area contributed by atoms with Crippen LogP contribution in [-0.4, -0.2) is 37.5 Å². The number of nitrogens with zero attached hydrogens (tertiary/aromatic N) is 5. The summed E-state index contributed by atoms with van der Waals surface area (Å²) in [5.41, 5.74) is 0. The second-order valence-electron chi connectivity index (χ2n) is 5.57. The van der Waals surface area contributed by atoms with Gasteiger partial charge in [0.25, 0.3) is 0 Å². The van der Waals surface area contributed by atoms with Gasteiger partial charge in [-0.2, -0.15) is 5.10 Å². The third-order valence-electron chi connectivity index (χ3n) is 3.87. The Morgan fingerprint density at radius 1 is 1.38 bits per heavy atom. The fourth-order valence-corrected chi connectivity index (χ4v) is 2.72. The Hall–Kier alpha value is -1.69. The van der Waals surface area contributed by atoms with Crippen molar-refractivity contribution in [1.29, 1.82) is 0 Å². The molecule has 0 aliphatic carbocycles. The number of hydrogen-bond donors (Lipinski definition) is 0. The Morgan fingerprint density at radius 3 is 3.05 bits per heavy atom. The fraction of sp³-hybridized carbons (Fsp3) is 0.667. The van der Waals surface area contributed by atoms with Gasteiger partial charge >= 0.3 is 0 Å². The van der Waals surface area contributed by atoms with Crippen molar-refractivity contribution >= 4 is 0 Å². The molecule has 3 heterocycles.